The standard InChI is InChI=1S/C20H25NO4/c1-13-7-9-15(10-8-13)14(2)21(3)20(22)16-11-17(23-4)19(25-6)18(12-16)24-5/h7-12,14H,1-6H3. The second kappa shape index (κ2) is 7.92. The summed E-state index contributed by atoms with van der Waals surface area (Å²) in [7, 11) is 6.39. The van der Waals surface area contributed by atoms with Gasteiger partial charge in [0, 0.05) is 12.6 Å². The number of carbonyl (C=O) groups is 1. The van der Waals surface area contributed by atoms with Gasteiger partial charge >= 0.3 is 0 Å². The van der Waals surface area contributed by atoms with E-state index in [0.717, 1.165) is 5.56 Å². The summed E-state index contributed by atoms with van der Waals surface area (Å²) in [6.45, 7) is 4.04. The molecule has 25 heavy (non-hydrogen) atoms. The molecule has 0 heterocycles. The number of carbonyl (C=O) groups excluding carboxylic acids is 1. The van der Waals surface area contributed by atoms with Crippen LogP contribution in [0.5, 0.6) is 17.2 Å². The number of benzene rings is 2. The molecule has 1 amide bonds. The Morgan fingerprint density at radius 1 is 0.960 bits per heavy atom. The van der Waals surface area contributed by atoms with Gasteiger partial charge in [-0.1, -0.05) is 29.8 Å². The lowest BCUT2D eigenvalue weighted by Gasteiger charge is -2.26. The second-order valence-corrected chi connectivity index (χ2v) is 5.92. The van der Waals surface area contributed by atoms with Gasteiger partial charge in [0.15, 0.2) is 11.5 Å². The van der Waals surface area contributed by atoms with Crippen LogP contribution in [0.2, 0.25) is 0 Å². The van der Waals surface area contributed by atoms with Crippen LogP contribution in [0.4, 0.5) is 0 Å². The highest BCUT2D eigenvalue weighted by atomic mass is 16.5. The van der Waals surface area contributed by atoms with Crippen molar-refractivity contribution in [3.63, 3.8) is 0 Å². The number of ether oxygens (including phenoxy) is 3. The molecular formula is C20H25NO4. The Balaban J connectivity index is 2.34. The lowest BCUT2D eigenvalue weighted by Crippen LogP contribution is -2.29. The average molecular weight is 343 g/mol. The predicted molar refractivity (Wildman–Crippen MR) is 97.8 cm³/mol. The molecule has 0 radical (unpaired) electrons. The van der Waals surface area contributed by atoms with E-state index in [1.165, 1.54) is 26.9 Å². The fourth-order valence-corrected chi connectivity index (χ4v) is 2.65. The third kappa shape index (κ3) is 3.87. The maximum Gasteiger partial charge on any atom is 0.254 e. The van der Waals surface area contributed by atoms with E-state index in [4.69, 9.17) is 14.2 Å². The second-order valence-electron chi connectivity index (χ2n) is 5.92. The van der Waals surface area contributed by atoms with Gasteiger partial charge in [0.2, 0.25) is 5.75 Å². The Labute approximate surface area is 149 Å². The SMILES string of the molecule is COc1cc(C(=O)N(C)C(C)c2ccc(C)cc2)cc(OC)c1OC. The molecule has 0 bridgehead atoms. The molecule has 0 aliphatic carbocycles. The van der Waals surface area contributed by atoms with Gasteiger partial charge in [0.05, 0.1) is 27.4 Å². The molecule has 1 atom stereocenters. The minimum Gasteiger partial charge on any atom is -0.493 e. The first-order valence-electron chi connectivity index (χ1n) is 8.06. The molecule has 0 N–H and O–H groups in total. The van der Waals surface area contributed by atoms with E-state index in [2.05, 4.69) is 0 Å². The smallest absolute Gasteiger partial charge is 0.254 e. The molecule has 5 nitrogen and oxygen atoms in total. The predicted octanol–water partition coefficient (Wildman–Crippen LogP) is 3.85. The molecule has 0 saturated carbocycles. The Morgan fingerprint density at radius 3 is 1.92 bits per heavy atom. The number of nitrogens with zero attached hydrogens (tertiary/aromatic N) is 1. The number of amides is 1. The summed E-state index contributed by atoms with van der Waals surface area (Å²) in [5.74, 6) is 1.27. The molecule has 134 valence electrons. The number of methoxy groups -OCH3 is 3. The number of aryl methyl sites for hydroxylation is 1. The Kier molecular flexibility index (Phi) is 5.91. The van der Waals surface area contributed by atoms with Crippen LogP contribution in [0, 0.1) is 6.92 Å². The van der Waals surface area contributed by atoms with Crippen molar-refractivity contribution in [3.05, 3.63) is 53.1 Å². The summed E-state index contributed by atoms with van der Waals surface area (Å²) >= 11 is 0. The van der Waals surface area contributed by atoms with Crippen molar-refractivity contribution < 1.29 is 19.0 Å². The van der Waals surface area contributed by atoms with Crippen molar-refractivity contribution >= 4 is 5.91 Å². The van der Waals surface area contributed by atoms with E-state index in [1.54, 1.807) is 24.1 Å². The van der Waals surface area contributed by atoms with Gasteiger partial charge in [-0.2, -0.15) is 0 Å². The number of hydrogen-bond donors (Lipinski definition) is 0. The first-order valence-corrected chi connectivity index (χ1v) is 8.06. The summed E-state index contributed by atoms with van der Waals surface area (Å²) in [4.78, 5) is 14.6. The molecule has 0 aromatic heterocycles. The molecule has 5 heteroatoms. The zero-order chi connectivity index (χ0) is 18.6. The van der Waals surface area contributed by atoms with E-state index in [1.807, 2.05) is 38.1 Å². The van der Waals surface area contributed by atoms with E-state index in [9.17, 15) is 4.79 Å². The number of rotatable bonds is 6. The largest absolute Gasteiger partial charge is 0.493 e. The van der Waals surface area contributed by atoms with E-state index >= 15 is 0 Å². The van der Waals surface area contributed by atoms with Gasteiger partial charge in [-0.3, -0.25) is 4.79 Å². The van der Waals surface area contributed by atoms with E-state index < -0.39 is 0 Å². The van der Waals surface area contributed by atoms with Crippen molar-refractivity contribution in [1.82, 2.24) is 4.90 Å². The minimum atomic E-state index is -0.118. The van der Waals surface area contributed by atoms with Crippen molar-refractivity contribution in [2.75, 3.05) is 28.4 Å². The lowest BCUT2D eigenvalue weighted by molar-refractivity contribution is 0.0741. The van der Waals surface area contributed by atoms with Gasteiger partial charge in [-0.25, -0.2) is 0 Å². The zero-order valence-electron chi connectivity index (χ0n) is 15.6. The molecule has 0 aliphatic rings. The highest BCUT2D eigenvalue weighted by Gasteiger charge is 2.22. The zero-order valence-corrected chi connectivity index (χ0v) is 15.6. The first-order chi connectivity index (χ1) is 11.9. The Bertz CT molecular complexity index is 715. The first kappa shape index (κ1) is 18.6. The average Bonchev–Trinajstić information content (AvgIpc) is 2.65. The topological polar surface area (TPSA) is 48.0 Å². The van der Waals surface area contributed by atoms with Crippen LogP contribution in [0.3, 0.4) is 0 Å². The maximum atomic E-state index is 12.9. The van der Waals surface area contributed by atoms with Gasteiger partial charge in [-0.15, -0.1) is 0 Å². The van der Waals surface area contributed by atoms with Gasteiger partial charge in [0.1, 0.15) is 0 Å². The minimum absolute atomic E-state index is 0.0628. The maximum absolute atomic E-state index is 12.9. The van der Waals surface area contributed by atoms with Crippen LogP contribution in [0.15, 0.2) is 36.4 Å². The lowest BCUT2D eigenvalue weighted by atomic mass is 10.0. The van der Waals surface area contributed by atoms with Crippen molar-refractivity contribution in [1.29, 1.82) is 0 Å². The van der Waals surface area contributed by atoms with Gasteiger partial charge in [-0.05, 0) is 31.5 Å². The van der Waals surface area contributed by atoms with Crippen molar-refractivity contribution in [3.8, 4) is 17.2 Å². The van der Waals surface area contributed by atoms with Crippen LogP contribution >= 0.6 is 0 Å². The normalized spacial score (nSPS) is 11.6. The number of hydrogen-bond acceptors (Lipinski definition) is 4. The highest BCUT2D eigenvalue weighted by molar-refractivity contribution is 5.95. The third-order valence-electron chi connectivity index (χ3n) is 4.37. The van der Waals surface area contributed by atoms with Crippen LogP contribution in [0.25, 0.3) is 0 Å². The summed E-state index contributed by atoms with van der Waals surface area (Å²) < 4.78 is 16.0. The fraction of sp³-hybridized carbons (Fsp3) is 0.350. The molecule has 2 rings (SSSR count). The molecule has 0 aliphatic heterocycles. The van der Waals surface area contributed by atoms with Crippen molar-refractivity contribution in [2.45, 2.75) is 19.9 Å². The molecule has 1 unspecified atom stereocenters. The van der Waals surface area contributed by atoms with Crippen LogP contribution in [-0.4, -0.2) is 39.2 Å². The molecular weight excluding hydrogens is 318 g/mol. The summed E-state index contributed by atoms with van der Waals surface area (Å²) in [5.41, 5.74) is 2.75. The Hall–Kier alpha value is -2.69. The molecule has 0 fully saturated rings. The molecule has 0 spiro atoms. The van der Waals surface area contributed by atoms with Crippen LogP contribution < -0.4 is 14.2 Å². The molecule has 2 aromatic rings. The fourth-order valence-electron chi connectivity index (χ4n) is 2.65. The summed E-state index contributed by atoms with van der Waals surface area (Å²) in [6, 6.07) is 11.4. The summed E-state index contributed by atoms with van der Waals surface area (Å²) in [5, 5.41) is 0. The highest BCUT2D eigenvalue weighted by Crippen LogP contribution is 2.38. The van der Waals surface area contributed by atoms with Gasteiger partial charge in [0.25, 0.3) is 5.91 Å². The molecule has 0 saturated heterocycles. The van der Waals surface area contributed by atoms with Crippen LogP contribution in [0.1, 0.15) is 34.5 Å². The monoisotopic (exact) mass is 343 g/mol. The van der Waals surface area contributed by atoms with E-state index in [-0.39, 0.29) is 11.9 Å². The van der Waals surface area contributed by atoms with Crippen molar-refractivity contribution in [2.24, 2.45) is 0 Å². The van der Waals surface area contributed by atoms with Gasteiger partial charge < -0.3 is 19.1 Å². The van der Waals surface area contributed by atoms with Crippen LogP contribution in [-0.2, 0) is 0 Å². The van der Waals surface area contributed by atoms with E-state index in [0.29, 0.717) is 22.8 Å². The quantitative estimate of drug-likeness (QED) is 0.799. The third-order valence-corrected chi connectivity index (χ3v) is 4.37. The Morgan fingerprint density at radius 2 is 1.48 bits per heavy atom. The summed E-state index contributed by atoms with van der Waals surface area (Å²) in [6.07, 6.45) is 0. The molecule has 2 aromatic carbocycles.